The van der Waals surface area contributed by atoms with E-state index in [4.69, 9.17) is 0 Å². The number of hydrogen-bond donors (Lipinski definition) is 0. The van der Waals surface area contributed by atoms with Crippen LogP contribution in [0.3, 0.4) is 0 Å². The van der Waals surface area contributed by atoms with Gasteiger partial charge in [0.1, 0.15) is 0 Å². The summed E-state index contributed by atoms with van der Waals surface area (Å²) in [7, 11) is 0. The zero-order chi connectivity index (χ0) is 13.4. The predicted molar refractivity (Wildman–Crippen MR) is 69.9 cm³/mol. The molecule has 0 fully saturated rings. The van der Waals surface area contributed by atoms with Gasteiger partial charge in [-0.2, -0.15) is 0 Å². The Morgan fingerprint density at radius 2 is 1.06 bits per heavy atom. The Morgan fingerprint density at radius 1 is 0.765 bits per heavy atom. The first kappa shape index (κ1) is 20.6. The molecule has 17 heavy (non-hydrogen) atoms. The van der Waals surface area contributed by atoms with Crippen LogP contribution in [0.2, 0.25) is 0 Å². The molecule has 0 saturated heterocycles. The van der Waals surface area contributed by atoms with Crippen LogP contribution in [0.15, 0.2) is 4.99 Å². The summed E-state index contributed by atoms with van der Waals surface area (Å²) in [6.45, 7) is 17.9. The molecule has 0 saturated carbocycles. The standard InChI is InChI=1S/C14H28NO.K/c1-11(2,3)14(16,12(4,5)6)10-15-13(7,8)9;/h10H,1-9H3;/q-1;+1. The van der Waals surface area contributed by atoms with Gasteiger partial charge in [-0.25, -0.2) is 0 Å². The van der Waals surface area contributed by atoms with Crippen molar-refractivity contribution in [2.45, 2.75) is 73.5 Å². The average Bonchev–Trinajstić information content (AvgIpc) is 1.93. The molecule has 0 radical (unpaired) electrons. The predicted octanol–water partition coefficient (Wildman–Crippen LogP) is 0.0510. The van der Waals surface area contributed by atoms with E-state index in [1.54, 1.807) is 6.21 Å². The van der Waals surface area contributed by atoms with Gasteiger partial charge in [-0.3, -0.25) is 4.99 Å². The van der Waals surface area contributed by atoms with Gasteiger partial charge in [-0.1, -0.05) is 47.1 Å². The maximum absolute atomic E-state index is 13.0. The first-order chi connectivity index (χ1) is 6.71. The molecule has 3 heteroatoms. The monoisotopic (exact) mass is 265 g/mol. The second-order valence-electron chi connectivity index (χ2n) is 7.66. The van der Waals surface area contributed by atoms with E-state index < -0.39 is 5.60 Å². The first-order valence-electron chi connectivity index (χ1n) is 5.97. The fourth-order valence-corrected chi connectivity index (χ4v) is 1.80. The van der Waals surface area contributed by atoms with Crippen molar-refractivity contribution in [3.63, 3.8) is 0 Å². The van der Waals surface area contributed by atoms with E-state index in [1.807, 2.05) is 62.3 Å². The van der Waals surface area contributed by atoms with Gasteiger partial charge < -0.3 is 5.11 Å². The molecular formula is C14H28KNO. The van der Waals surface area contributed by atoms with Crippen LogP contribution >= 0.6 is 0 Å². The van der Waals surface area contributed by atoms with Crippen molar-refractivity contribution in [3.8, 4) is 0 Å². The third-order valence-corrected chi connectivity index (χ3v) is 2.86. The van der Waals surface area contributed by atoms with Crippen LogP contribution < -0.4 is 56.5 Å². The van der Waals surface area contributed by atoms with E-state index in [-0.39, 0.29) is 67.8 Å². The van der Waals surface area contributed by atoms with E-state index in [0.717, 1.165) is 0 Å². The van der Waals surface area contributed by atoms with Gasteiger partial charge in [0.05, 0.1) is 5.54 Å². The Labute approximate surface area is 150 Å². The van der Waals surface area contributed by atoms with Gasteiger partial charge in [-0.15, -0.1) is 0 Å². The third-order valence-electron chi connectivity index (χ3n) is 2.86. The summed E-state index contributed by atoms with van der Waals surface area (Å²) in [4.78, 5) is 4.42. The molecule has 0 aliphatic carbocycles. The van der Waals surface area contributed by atoms with Crippen LogP contribution in [0.25, 0.3) is 0 Å². The summed E-state index contributed by atoms with van der Waals surface area (Å²) >= 11 is 0. The normalized spacial score (nSPS) is 14.9. The molecule has 0 aliphatic rings. The van der Waals surface area contributed by atoms with Crippen molar-refractivity contribution in [2.24, 2.45) is 15.8 Å². The Morgan fingerprint density at radius 3 is 1.24 bits per heavy atom. The van der Waals surface area contributed by atoms with Gasteiger partial charge in [0.2, 0.25) is 0 Å². The molecule has 0 amide bonds. The molecule has 0 rings (SSSR count). The summed E-state index contributed by atoms with van der Waals surface area (Å²) in [6.07, 6.45) is 1.63. The van der Waals surface area contributed by atoms with Gasteiger partial charge in [0.25, 0.3) is 0 Å². The Bertz CT molecular complexity index is 249. The number of nitrogens with zero attached hydrogens (tertiary/aromatic N) is 1. The molecule has 0 bridgehead atoms. The first-order valence-corrected chi connectivity index (χ1v) is 5.97. The number of rotatable bonds is 1. The van der Waals surface area contributed by atoms with Crippen LogP contribution in [0, 0.1) is 10.8 Å². The van der Waals surface area contributed by atoms with Crippen molar-refractivity contribution >= 4 is 6.21 Å². The fraction of sp³-hybridized carbons (Fsp3) is 0.929. The van der Waals surface area contributed by atoms with E-state index in [1.165, 1.54) is 0 Å². The molecular weight excluding hydrogens is 237 g/mol. The smallest absolute Gasteiger partial charge is 0.845 e. The number of hydrogen-bond acceptors (Lipinski definition) is 2. The molecule has 0 unspecified atom stereocenters. The maximum Gasteiger partial charge on any atom is 1.00 e. The minimum Gasteiger partial charge on any atom is -0.845 e. The summed E-state index contributed by atoms with van der Waals surface area (Å²) in [6, 6.07) is 0. The summed E-state index contributed by atoms with van der Waals surface area (Å²) in [5.74, 6) is 0. The second-order valence-corrected chi connectivity index (χ2v) is 7.66. The SMILES string of the molecule is CC(C)(C)N=CC([O-])(C(C)(C)C)C(C)(C)C.[K+]. The molecule has 0 aromatic heterocycles. The Hall–Kier alpha value is 1.27. The van der Waals surface area contributed by atoms with E-state index in [0.29, 0.717) is 0 Å². The van der Waals surface area contributed by atoms with Crippen molar-refractivity contribution in [1.29, 1.82) is 0 Å². The quantitative estimate of drug-likeness (QED) is 0.487. The van der Waals surface area contributed by atoms with Crippen LogP contribution in [-0.4, -0.2) is 17.4 Å². The summed E-state index contributed by atoms with van der Waals surface area (Å²) in [5.41, 5.74) is -2.04. The van der Waals surface area contributed by atoms with Crippen molar-refractivity contribution in [1.82, 2.24) is 0 Å². The van der Waals surface area contributed by atoms with Crippen LogP contribution in [0.4, 0.5) is 0 Å². The molecule has 0 aromatic rings. The van der Waals surface area contributed by atoms with Gasteiger partial charge in [-0.05, 0) is 37.8 Å². The molecule has 0 aromatic carbocycles. The molecule has 0 aliphatic heterocycles. The van der Waals surface area contributed by atoms with Gasteiger partial charge in [0.15, 0.2) is 0 Å². The van der Waals surface area contributed by atoms with Crippen molar-refractivity contribution in [2.75, 3.05) is 0 Å². The van der Waals surface area contributed by atoms with Crippen LogP contribution in [-0.2, 0) is 0 Å². The van der Waals surface area contributed by atoms with Crippen LogP contribution in [0.5, 0.6) is 0 Å². The van der Waals surface area contributed by atoms with Crippen LogP contribution in [0.1, 0.15) is 62.3 Å². The molecule has 0 heterocycles. The van der Waals surface area contributed by atoms with E-state index in [2.05, 4.69) is 4.99 Å². The zero-order valence-corrected chi connectivity index (χ0v) is 16.6. The molecule has 96 valence electrons. The topological polar surface area (TPSA) is 35.4 Å². The Kier molecular flexibility index (Phi) is 7.44. The fourth-order valence-electron chi connectivity index (χ4n) is 1.80. The molecule has 0 spiro atoms. The summed E-state index contributed by atoms with van der Waals surface area (Å²) < 4.78 is 0. The van der Waals surface area contributed by atoms with Gasteiger partial charge >= 0.3 is 51.4 Å². The second kappa shape index (κ2) is 6.15. The average molecular weight is 265 g/mol. The largest absolute Gasteiger partial charge is 1.00 e. The van der Waals surface area contributed by atoms with Crippen molar-refractivity contribution < 1.29 is 56.5 Å². The number of aliphatic imine (C=N–C) groups is 1. The van der Waals surface area contributed by atoms with Gasteiger partial charge in [0, 0.05) is 0 Å². The Balaban J connectivity index is 0. The maximum atomic E-state index is 13.0. The molecule has 0 N–H and O–H groups in total. The molecule has 0 atom stereocenters. The third kappa shape index (κ3) is 5.83. The minimum atomic E-state index is -1.16. The van der Waals surface area contributed by atoms with Crippen molar-refractivity contribution in [3.05, 3.63) is 0 Å². The summed E-state index contributed by atoms with van der Waals surface area (Å²) in [5, 5.41) is 13.0. The minimum absolute atomic E-state index is 0. The zero-order valence-electron chi connectivity index (χ0n) is 13.4. The molecule has 2 nitrogen and oxygen atoms in total. The van der Waals surface area contributed by atoms with E-state index >= 15 is 0 Å². The van der Waals surface area contributed by atoms with E-state index in [9.17, 15) is 5.11 Å².